The SMILES string of the molecule is [CH2-]CCCC[CH2-].[CH2-]CCCC[CH2-].[Zn+2].[Zn+2]. The van der Waals surface area contributed by atoms with Crippen molar-refractivity contribution in [3.63, 3.8) is 0 Å². The Hall–Kier alpha value is 1.25. The molecule has 14 heavy (non-hydrogen) atoms. The van der Waals surface area contributed by atoms with E-state index in [1.54, 1.807) is 0 Å². The molecule has 0 radical (unpaired) electrons. The second kappa shape index (κ2) is 29.2. The Kier molecular flexibility index (Phi) is 51.1. The summed E-state index contributed by atoms with van der Waals surface area (Å²) in [7, 11) is 0. The van der Waals surface area contributed by atoms with Crippen molar-refractivity contribution in [3.05, 3.63) is 27.7 Å². The average Bonchev–Trinajstić information content (AvgIpc) is 2.12. The maximum absolute atomic E-state index is 3.70. The van der Waals surface area contributed by atoms with E-state index in [2.05, 4.69) is 27.7 Å². The first-order chi connectivity index (χ1) is 5.83. The van der Waals surface area contributed by atoms with Crippen LogP contribution >= 0.6 is 0 Å². The largest absolute Gasteiger partial charge is 2.00 e. The van der Waals surface area contributed by atoms with Crippen molar-refractivity contribution < 1.29 is 39.0 Å². The van der Waals surface area contributed by atoms with Crippen molar-refractivity contribution in [1.29, 1.82) is 0 Å². The topological polar surface area (TPSA) is 0 Å². The Morgan fingerprint density at radius 3 is 0.643 bits per heavy atom. The summed E-state index contributed by atoms with van der Waals surface area (Å²) in [5.41, 5.74) is 0. The van der Waals surface area contributed by atoms with Crippen LogP contribution in [0, 0.1) is 27.7 Å². The van der Waals surface area contributed by atoms with E-state index in [-0.39, 0.29) is 39.0 Å². The van der Waals surface area contributed by atoms with Gasteiger partial charge in [0.2, 0.25) is 0 Å². The van der Waals surface area contributed by atoms with Crippen LogP contribution in [-0.4, -0.2) is 0 Å². The predicted octanol–water partition coefficient (Wildman–Crippen LogP) is 4.42. The van der Waals surface area contributed by atoms with Gasteiger partial charge in [-0.2, -0.15) is 25.7 Å². The van der Waals surface area contributed by atoms with E-state index in [0.29, 0.717) is 0 Å². The number of hydrogen-bond donors (Lipinski definition) is 0. The summed E-state index contributed by atoms with van der Waals surface area (Å²) in [5, 5.41) is 0. The van der Waals surface area contributed by atoms with E-state index >= 15 is 0 Å². The van der Waals surface area contributed by atoms with Crippen molar-refractivity contribution in [2.45, 2.75) is 51.4 Å². The monoisotopic (exact) mass is 296 g/mol. The van der Waals surface area contributed by atoms with E-state index in [4.69, 9.17) is 0 Å². The van der Waals surface area contributed by atoms with Crippen molar-refractivity contribution in [2.75, 3.05) is 0 Å². The fourth-order valence-electron chi connectivity index (χ4n) is 0.707. The third-order valence-electron chi connectivity index (χ3n) is 1.50. The van der Waals surface area contributed by atoms with Gasteiger partial charge in [0.15, 0.2) is 0 Å². The molecule has 0 aliphatic carbocycles. The van der Waals surface area contributed by atoms with Crippen LogP contribution in [0.4, 0.5) is 0 Å². The van der Waals surface area contributed by atoms with Gasteiger partial charge in [0.05, 0.1) is 0 Å². The number of unbranched alkanes of at least 4 members (excludes halogenated alkanes) is 6. The maximum atomic E-state index is 3.70. The van der Waals surface area contributed by atoms with Gasteiger partial charge < -0.3 is 27.7 Å². The standard InChI is InChI=1S/2C6H12.2Zn/c2*1-3-5-6-4-2;;/h2*1-6H2;;/q2*-2;2*+2. The Bertz CT molecular complexity index is 40.3. The number of hydrogen-bond acceptors (Lipinski definition) is 0. The Morgan fingerprint density at radius 1 is 0.429 bits per heavy atom. The van der Waals surface area contributed by atoms with Gasteiger partial charge in [0, 0.05) is 0 Å². The molecule has 0 saturated carbocycles. The third-order valence-corrected chi connectivity index (χ3v) is 1.50. The van der Waals surface area contributed by atoms with Gasteiger partial charge in [0.25, 0.3) is 0 Å². The summed E-state index contributed by atoms with van der Waals surface area (Å²) in [5.74, 6) is 0. The Morgan fingerprint density at radius 2 is 0.571 bits per heavy atom. The molecule has 0 heterocycles. The smallest absolute Gasteiger partial charge is 0.343 e. The van der Waals surface area contributed by atoms with Gasteiger partial charge in [-0.05, 0) is 0 Å². The zero-order valence-electron chi connectivity index (χ0n) is 9.90. The minimum atomic E-state index is 0. The van der Waals surface area contributed by atoms with E-state index in [1.165, 1.54) is 25.7 Å². The second-order valence-corrected chi connectivity index (χ2v) is 2.83. The summed E-state index contributed by atoms with van der Waals surface area (Å²) >= 11 is 0. The molecule has 0 aliphatic rings. The van der Waals surface area contributed by atoms with E-state index in [0.717, 1.165) is 25.7 Å². The summed E-state index contributed by atoms with van der Waals surface area (Å²) in [4.78, 5) is 0. The molecule has 0 N–H and O–H groups in total. The minimum absolute atomic E-state index is 0. The molecule has 0 aromatic carbocycles. The summed E-state index contributed by atoms with van der Waals surface area (Å²) < 4.78 is 0. The average molecular weight is 299 g/mol. The molecule has 0 nitrogen and oxygen atoms in total. The van der Waals surface area contributed by atoms with Crippen molar-refractivity contribution >= 4 is 0 Å². The van der Waals surface area contributed by atoms with E-state index in [1.807, 2.05) is 0 Å². The van der Waals surface area contributed by atoms with Gasteiger partial charge in [0.1, 0.15) is 0 Å². The van der Waals surface area contributed by atoms with Crippen LogP contribution in [0.25, 0.3) is 0 Å². The predicted molar refractivity (Wildman–Crippen MR) is 58.4 cm³/mol. The van der Waals surface area contributed by atoms with Crippen LogP contribution in [0.2, 0.25) is 0 Å². The van der Waals surface area contributed by atoms with E-state index < -0.39 is 0 Å². The van der Waals surface area contributed by atoms with Crippen LogP contribution in [0.15, 0.2) is 0 Å². The molecule has 0 spiro atoms. The van der Waals surface area contributed by atoms with Gasteiger partial charge in [-0.15, -0.1) is 0 Å². The molecule has 2 heteroatoms. The zero-order valence-corrected chi connectivity index (χ0v) is 15.8. The van der Waals surface area contributed by atoms with Crippen molar-refractivity contribution in [3.8, 4) is 0 Å². The van der Waals surface area contributed by atoms with Crippen LogP contribution in [-0.2, 0) is 39.0 Å². The fourth-order valence-corrected chi connectivity index (χ4v) is 0.707. The molecular weight excluding hydrogens is 275 g/mol. The maximum Gasteiger partial charge on any atom is 2.00 e. The van der Waals surface area contributed by atoms with Gasteiger partial charge in [-0.1, -0.05) is 25.7 Å². The van der Waals surface area contributed by atoms with Gasteiger partial charge in [-0.25, -0.2) is 0 Å². The second-order valence-electron chi connectivity index (χ2n) is 2.83. The molecule has 0 rings (SSSR count). The first-order valence-electron chi connectivity index (χ1n) is 5.00. The summed E-state index contributed by atoms with van der Waals surface area (Å²) in [6.07, 6.45) is 9.22. The summed E-state index contributed by atoms with van der Waals surface area (Å²) in [6, 6.07) is 0. The third kappa shape index (κ3) is 37.8. The van der Waals surface area contributed by atoms with Crippen molar-refractivity contribution in [1.82, 2.24) is 0 Å². The molecule has 0 aromatic rings. The molecule has 76 valence electrons. The van der Waals surface area contributed by atoms with Gasteiger partial charge in [-0.3, -0.25) is 0 Å². The molecule has 0 bridgehead atoms. The molecule has 0 atom stereocenters. The Labute approximate surface area is 118 Å². The number of rotatable bonds is 6. The first-order valence-corrected chi connectivity index (χ1v) is 5.00. The Balaban J connectivity index is -0.0000000625. The van der Waals surface area contributed by atoms with Crippen LogP contribution in [0.3, 0.4) is 0 Å². The fraction of sp³-hybridized carbons (Fsp3) is 0.667. The van der Waals surface area contributed by atoms with Crippen molar-refractivity contribution in [2.24, 2.45) is 0 Å². The molecule has 0 aliphatic heterocycles. The van der Waals surface area contributed by atoms with Crippen LogP contribution in [0.5, 0.6) is 0 Å². The molecule has 0 unspecified atom stereocenters. The van der Waals surface area contributed by atoms with Crippen LogP contribution in [0.1, 0.15) is 51.4 Å². The van der Waals surface area contributed by atoms with E-state index in [9.17, 15) is 0 Å². The quantitative estimate of drug-likeness (QED) is 0.387. The van der Waals surface area contributed by atoms with Crippen LogP contribution < -0.4 is 0 Å². The molecule has 0 fully saturated rings. The summed E-state index contributed by atoms with van der Waals surface area (Å²) in [6.45, 7) is 14.8. The van der Waals surface area contributed by atoms with Gasteiger partial charge >= 0.3 is 39.0 Å². The minimum Gasteiger partial charge on any atom is -0.343 e. The molecular formula is C12H24Zn2. The molecule has 0 aromatic heterocycles. The molecule has 0 amide bonds. The zero-order chi connectivity index (χ0) is 9.66. The normalized spacial score (nSPS) is 7.71. The first kappa shape index (κ1) is 24.5. The molecule has 0 saturated heterocycles.